The summed E-state index contributed by atoms with van der Waals surface area (Å²) in [6, 6.07) is 7.20. The molecule has 1 aromatic carbocycles. The van der Waals surface area contributed by atoms with E-state index in [4.69, 9.17) is 15.2 Å². The topological polar surface area (TPSA) is 101 Å². The van der Waals surface area contributed by atoms with Gasteiger partial charge in [0.15, 0.2) is 5.17 Å². The van der Waals surface area contributed by atoms with E-state index in [1.54, 1.807) is 25.9 Å². The molecule has 27 heavy (non-hydrogen) atoms. The van der Waals surface area contributed by atoms with Crippen LogP contribution in [0.2, 0.25) is 0 Å². The SMILES string of the molecule is CCOC(=O)C1=C(C)N=C2SC(C#N)=C(N)N2[C@H]1c1ccc(OC)cc1C. The predicted octanol–water partition coefficient (Wildman–Crippen LogP) is 2.95. The molecule has 2 aliphatic heterocycles. The number of fused-ring (bicyclic) bond motifs is 1. The van der Waals surface area contributed by atoms with Crippen molar-refractivity contribution < 1.29 is 14.3 Å². The molecule has 2 aliphatic rings. The van der Waals surface area contributed by atoms with E-state index in [-0.39, 0.29) is 12.4 Å². The average Bonchev–Trinajstić information content (AvgIpc) is 2.96. The molecule has 0 bridgehead atoms. The number of aryl methyl sites for hydroxylation is 1. The summed E-state index contributed by atoms with van der Waals surface area (Å²) in [6.07, 6.45) is 0. The number of esters is 1. The van der Waals surface area contributed by atoms with Crippen molar-refractivity contribution >= 4 is 22.9 Å². The van der Waals surface area contributed by atoms with Gasteiger partial charge >= 0.3 is 5.97 Å². The molecule has 0 saturated heterocycles. The molecule has 0 aromatic heterocycles. The lowest BCUT2D eigenvalue weighted by Gasteiger charge is -2.35. The Balaban J connectivity index is 2.21. The number of aliphatic imine (C=N–C) groups is 1. The lowest BCUT2D eigenvalue weighted by atomic mass is 9.91. The molecule has 0 aliphatic carbocycles. The molecule has 2 heterocycles. The van der Waals surface area contributed by atoms with Gasteiger partial charge in [0.1, 0.15) is 22.5 Å². The summed E-state index contributed by atoms with van der Waals surface area (Å²) in [7, 11) is 1.60. The van der Waals surface area contributed by atoms with Crippen LogP contribution in [-0.4, -0.2) is 29.8 Å². The van der Waals surface area contributed by atoms with Gasteiger partial charge in [-0.3, -0.25) is 4.90 Å². The van der Waals surface area contributed by atoms with E-state index in [9.17, 15) is 10.1 Å². The third-order valence-corrected chi connectivity index (χ3v) is 5.42. The maximum Gasteiger partial charge on any atom is 0.338 e. The highest BCUT2D eigenvalue weighted by Crippen LogP contribution is 2.46. The molecule has 1 atom stereocenters. The van der Waals surface area contributed by atoms with Gasteiger partial charge in [0.2, 0.25) is 0 Å². The van der Waals surface area contributed by atoms with Gasteiger partial charge in [-0.15, -0.1) is 0 Å². The predicted molar refractivity (Wildman–Crippen MR) is 103 cm³/mol. The van der Waals surface area contributed by atoms with Crippen LogP contribution in [0.15, 0.2) is 45.2 Å². The first-order valence-electron chi connectivity index (χ1n) is 8.40. The second-order valence-electron chi connectivity index (χ2n) is 6.04. The largest absolute Gasteiger partial charge is 0.497 e. The molecule has 0 unspecified atom stereocenters. The Hall–Kier alpha value is -2.92. The number of ether oxygens (including phenoxy) is 2. The van der Waals surface area contributed by atoms with Crippen LogP contribution in [0.5, 0.6) is 5.75 Å². The van der Waals surface area contributed by atoms with E-state index in [0.717, 1.165) is 16.9 Å². The number of hydrogen-bond donors (Lipinski definition) is 1. The molecule has 3 rings (SSSR count). The molecule has 8 heteroatoms. The number of nitrogens with zero attached hydrogens (tertiary/aromatic N) is 3. The minimum Gasteiger partial charge on any atom is -0.497 e. The van der Waals surface area contributed by atoms with Gasteiger partial charge in [-0.05, 0) is 55.8 Å². The number of nitriles is 1. The lowest BCUT2D eigenvalue weighted by molar-refractivity contribution is -0.139. The average molecular weight is 384 g/mol. The van der Waals surface area contributed by atoms with Crippen molar-refractivity contribution in [2.75, 3.05) is 13.7 Å². The first kappa shape index (κ1) is 18.9. The Labute approximate surface area is 162 Å². The van der Waals surface area contributed by atoms with Crippen LogP contribution < -0.4 is 10.5 Å². The molecular formula is C19H20N4O3S. The summed E-state index contributed by atoms with van der Waals surface area (Å²) < 4.78 is 10.6. The molecular weight excluding hydrogens is 364 g/mol. The number of hydrogen-bond acceptors (Lipinski definition) is 8. The number of rotatable bonds is 4. The highest BCUT2D eigenvalue weighted by atomic mass is 32.2. The Morgan fingerprint density at radius 2 is 2.19 bits per heavy atom. The standard InChI is InChI=1S/C19H20N4O3S/c1-5-26-18(24)15-11(3)22-19-23(17(21)14(9-20)27-19)16(15)13-7-6-12(25-4)8-10(13)2/h6-8,16H,5,21H2,1-4H3/t16-/m0/s1. The fraction of sp³-hybridized carbons (Fsp3) is 0.316. The highest BCUT2D eigenvalue weighted by molar-refractivity contribution is 8.17. The summed E-state index contributed by atoms with van der Waals surface area (Å²) in [5, 5.41) is 9.95. The molecule has 0 spiro atoms. The number of amidine groups is 1. The number of carbonyl (C=O) groups excluding carboxylic acids is 1. The van der Waals surface area contributed by atoms with Crippen molar-refractivity contribution in [3.8, 4) is 11.8 Å². The van der Waals surface area contributed by atoms with Crippen molar-refractivity contribution in [2.24, 2.45) is 10.7 Å². The maximum absolute atomic E-state index is 12.7. The lowest BCUT2D eigenvalue weighted by Crippen LogP contribution is -2.39. The Morgan fingerprint density at radius 3 is 2.78 bits per heavy atom. The van der Waals surface area contributed by atoms with Gasteiger partial charge in [-0.2, -0.15) is 5.26 Å². The van der Waals surface area contributed by atoms with Crippen LogP contribution in [-0.2, 0) is 9.53 Å². The zero-order valence-electron chi connectivity index (χ0n) is 15.6. The van der Waals surface area contributed by atoms with E-state index in [0.29, 0.717) is 21.3 Å². The Morgan fingerprint density at radius 1 is 1.44 bits per heavy atom. The zero-order chi connectivity index (χ0) is 19.7. The first-order chi connectivity index (χ1) is 12.9. The van der Waals surface area contributed by atoms with Gasteiger partial charge in [-0.1, -0.05) is 6.07 Å². The Kier molecular flexibility index (Phi) is 5.15. The zero-order valence-corrected chi connectivity index (χ0v) is 16.4. The van der Waals surface area contributed by atoms with Gasteiger partial charge < -0.3 is 15.2 Å². The van der Waals surface area contributed by atoms with Gasteiger partial charge in [0.25, 0.3) is 0 Å². The number of methoxy groups -OCH3 is 1. The molecule has 0 fully saturated rings. The van der Waals surface area contributed by atoms with Crippen LogP contribution in [0, 0.1) is 18.3 Å². The quantitative estimate of drug-likeness (QED) is 0.796. The van der Waals surface area contributed by atoms with Crippen LogP contribution in [0.4, 0.5) is 0 Å². The molecule has 0 amide bonds. The van der Waals surface area contributed by atoms with E-state index in [1.807, 2.05) is 25.1 Å². The fourth-order valence-corrected chi connectivity index (χ4v) is 4.10. The van der Waals surface area contributed by atoms with Gasteiger partial charge in [0.05, 0.1) is 31.0 Å². The van der Waals surface area contributed by atoms with Crippen LogP contribution in [0.1, 0.15) is 31.0 Å². The van der Waals surface area contributed by atoms with Crippen molar-refractivity contribution in [1.82, 2.24) is 4.90 Å². The number of nitrogens with two attached hydrogens (primary N) is 1. The van der Waals surface area contributed by atoms with E-state index >= 15 is 0 Å². The van der Waals surface area contributed by atoms with E-state index in [1.165, 1.54) is 11.8 Å². The van der Waals surface area contributed by atoms with E-state index < -0.39 is 12.0 Å². The number of carbonyl (C=O) groups is 1. The smallest absolute Gasteiger partial charge is 0.338 e. The van der Waals surface area contributed by atoms with Crippen LogP contribution in [0.25, 0.3) is 0 Å². The van der Waals surface area contributed by atoms with E-state index in [2.05, 4.69) is 11.1 Å². The first-order valence-corrected chi connectivity index (χ1v) is 9.22. The molecule has 7 nitrogen and oxygen atoms in total. The number of thioether (sulfide) groups is 1. The Bertz CT molecular complexity index is 943. The monoisotopic (exact) mass is 384 g/mol. The van der Waals surface area contributed by atoms with Crippen molar-refractivity contribution in [3.05, 3.63) is 51.3 Å². The number of allylic oxidation sites excluding steroid dienone is 2. The summed E-state index contributed by atoms with van der Waals surface area (Å²) in [5.41, 5.74) is 9.01. The minimum atomic E-state index is -0.527. The molecule has 1 aromatic rings. The van der Waals surface area contributed by atoms with Crippen molar-refractivity contribution in [3.63, 3.8) is 0 Å². The number of benzene rings is 1. The summed E-state index contributed by atoms with van der Waals surface area (Å²) in [5.74, 6) is 0.563. The molecule has 0 saturated carbocycles. The minimum absolute atomic E-state index is 0.254. The molecule has 0 radical (unpaired) electrons. The maximum atomic E-state index is 12.7. The third kappa shape index (κ3) is 3.15. The summed E-state index contributed by atoms with van der Waals surface area (Å²) >= 11 is 1.20. The third-order valence-electron chi connectivity index (χ3n) is 4.44. The van der Waals surface area contributed by atoms with Crippen LogP contribution >= 0.6 is 11.8 Å². The van der Waals surface area contributed by atoms with Crippen molar-refractivity contribution in [1.29, 1.82) is 5.26 Å². The normalized spacial score (nSPS) is 18.9. The van der Waals surface area contributed by atoms with Gasteiger partial charge in [0, 0.05) is 0 Å². The molecule has 2 N–H and O–H groups in total. The second kappa shape index (κ2) is 7.37. The second-order valence-corrected chi connectivity index (χ2v) is 7.01. The van der Waals surface area contributed by atoms with Crippen molar-refractivity contribution in [2.45, 2.75) is 26.8 Å². The summed E-state index contributed by atoms with van der Waals surface area (Å²) in [4.78, 5) is 19.3. The van der Waals surface area contributed by atoms with Gasteiger partial charge in [-0.25, -0.2) is 9.79 Å². The van der Waals surface area contributed by atoms with Crippen LogP contribution in [0.3, 0.4) is 0 Å². The highest BCUT2D eigenvalue weighted by Gasteiger charge is 2.43. The summed E-state index contributed by atoms with van der Waals surface area (Å²) in [6.45, 7) is 5.72. The molecule has 140 valence electrons. The fourth-order valence-electron chi connectivity index (χ4n) is 3.19.